The summed E-state index contributed by atoms with van der Waals surface area (Å²) in [5, 5.41) is 2.48. The van der Waals surface area contributed by atoms with Crippen LogP contribution in [0.4, 0.5) is 10.7 Å². The quantitative estimate of drug-likeness (QED) is 0.854. The number of anilines is 1. The third-order valence-electron chi connectivity index (χ3n) is 3.91. The molecule has 0 saturated heterocycles. The van der Waals surface area contributed by atoms with E-state index in [1.165, 1.54) is 0 Å². The highest BCUT2D eigenvalue weighted by atomic mass is 16.5. The van der Waals surface area contributed by atoms with Crippen LogP contribution in [0.1, 0.15) is 16.8 Å². The first kappa shape index (κ1) is 16.7. The highest BCUT2D eigenvalue weighted by Crippen LogP contribution is 2.16. The summed E-state index contributed by atoms with van der Waals surface area (Å²) in [6.45, 7) is 0.957. The molecule has 1 aliphatic rings. The Morgan fingerprint density at radius 3 is 2.88 bits per heavy atom. The maximum Gasteiger partial charge on any atom is 0.407 e. The van der Waals surface area contributed by atoms with Gasteiger partial charge < -0.3 is 20.7 Å². The minimum Gasteiger partial charge on any atom is -0.445 e. The molecular formula is C17H19N5O3. The fourth-order valence-electron chi connectivity index (χ4n) is 2.57. The molecule has 8 nitrogen and oxygen atoms in total. The number of hydrogen-bond donors (Lipinski definition) is 2. The molecule has 0 bridgehead atoms. The van der Waals surface area contributed by atoms with Crippen molar-refractivity contribution < 1.29 is 14.3 Å². The van der Waals surface area contributed by atoms with Gasteiger partial charge in [-0.15, -0.1) is 0 Å². The van der Waals surface area contributed by atoms with Crippen LogP contribution in [0.15, 0.2) is 36.5 Å². The van der Waals surface area contributed by atoms with E-state index in [4.69, 9.17) is 10.5 Å². The van der Waals surface area contributed by atoms with Crippen molar-refractivity contribution in [3.05, 3.63) is 53.3 Å². The van der Waals surface area contributed by atoms with E-state index in [-0.39, 0.29) is 25.0 Å². The number of hydrogen-bond acceptors (Lipinski definition) is 6. The van der Waals surface area contributed by atoms with Crippen LogP contribution in [0, 0.1) is 0 Å². The molecule has 1 aromatic heterocycles. The fourth-order valence-corrected chi connectivity index (χ4v) is 2.57. The molecular weight excluding hydrogens is 322 g/mol. The van der Waals surface area contributed by atoms with Crippen LogP contribution in [0.25, 0.3) is 0 Å². The van der Waals surface area contributed by atoms with Gasteiger partial charge in [-0.2, -0.15) is 0 Å². The van der Waals surface area contributed by atoms with Crippen LogP contribution in [0.3, 0.4) is 0 Å². The third kappa shape index (κ3) is 4.43. The number of alkyl carbamates (subject to hydrolysis) is 1. The second-order valence-corrected chi connectivity index (χ2v) is 5.68. The van der Waals surface area contributed by atoms with Crippen LogP contribution in [-0.4, -0.2) is 40.0 Å². The molecule has 8 heteroatoms. The Balaban J connectivity index is 1.45. The van der Waals surface area contributed by atoms with E-state index in [0.29, 0.717) is 19.5 Å². The molecule has 3 N–H and O–H groups in total. The lowest BCUT2D eigenvalue weighted by atomic mass is 10.1. The molecule has 25 heavy (non-hydrogen) atoms. The predicted molar refractivity (Wildman–Crippen MR) is 90.2 cm³/mol. The molecule has 0 aliphatic carbocycles. The first-order valence-corrected chi connectivity index (χ1v) is 7.94. The smallest absolute Gasteiger partial charge is 0.407 e. The van der Waals surface area contributed by atoms with Gasteiger partial charge in [0.2, 0.25) is 11.9 Å². The SMILES string of the molecule is Nc1ncc2c(n1)CN(C(=O)CNC(=O)OCc1ccccc1)CC2. The van der Waals surface area contributed by atoms with Crippen molar-refractivity contribution in [1.82, 2.24) is 20.2 Å². The van der Waals surface area contributed by atoms with Gasteiger partial charge >= 0.3 is 6.09 Å². The Hall–Kier alpha value is -3.16. The van der Waals surface area contributed by atoms with Crippen molar-refractivity contribution in [3.63, 3.8) is 0 Å². The van der Waals surface area contributed by atoms with Crippen molar-refractivity contribution in [2.24, 2.45) is 0 Å². The summed E-state index contributed by atoms with van der Waals surface area (Å²) in [6.07, 6.45) is 1.74. The number of rotatable bonds is 4. The number of carbonyl (C=O) groups excluding carboxylic acids is 2. The summed E-state index contributed by atoms with van der Waals surface area (Å²) in [6, 6.07) is 9.33. The molecule has 2 aromatic rings. The lowest BCUT2D eigenvalue weighted by molar-refractivity contribution is -0.131. The molecule has 2 amide bonds. The summed E-state index contributed by atoms with van der Waals surface area (Å²) in [5.41, 5.74) is 8.21. The average molecular weight is 341 g/mol. The molecule has 0 atom stereocenters. The normalized spacial score (nSPS) is 13.0. The van der Waals surface area contributed by atoms with Crippen LogP contribution in [0.5, 0.6) is 0 Å². The molecule has 0 fully saturated rings. The summed E-state index contributed by atoms with van der Waals surface area (Å²) in [5.74, 6) is -0.00448. The van der Waals surface area contributed by atoms with Gasteiger partial charge in [0.15, 0.2) is 0 Å². The molecule has 0 spiro atoms. The first-order chi connectivity index (χ1) is 12.1. The number of nitrogens with one attached hydrogen (secondary N) is 1. The minimum absolute atomic E-state index is 0.122. The van der Waals surface area contributed by atoms with Gasteiger partial charge in [-0.05, 0) is 17.5 Å². The summed E-state index contributed by atoms with van der Waals surface area (Å²) >= 11 is 0. The minimum atomic E-state index is -0.624. The van der Waals surface area contributed by atoms with Crippen molar-refractivity contribution in [1.29, 1.82) is 0 Å². The highest BCUT2D eigenvalue weighted by Gasteiger charge is 2.22. The van der Waals surface area contributed by atoms with Crippen molar-refractivity contribution in [3.8, 4) is 0 Å². The Morgan fingerprint density at radius 2 is 2.08 bits per heavy atom. The summed E-state index contributed by atoms with van der Waals surface area (Å²) in [7, 11) is 0. The number of ether oxygens (including phenoxy) is 1. The molecule has 1 aromatic carbocycles. The number of amides is 2. The maximum absolute atomic E-state index is 12.3. The van der Waals surface area contributed by atoms with Crippen LogP contribution < -0.4 is 11.1 Å². The van der Waals surface area contributed by atoms with Gasteiger partial charge in [0.1, 0.15) is 13.2 Å². The molecule has 2 heterocycles. The summed E-state index contributed by atoms with van der Waals surface area (Å²) < 4.78 is 5.08. The van der Waals surface area contributed by atoms with Gasteiger partial charge in [-0.1, -0.05) is 30.3 Å². The topological polar surface area (TPSA) is 110 Å². The highest BCUT2D eigenvalue weighted by molar-refractivity contribution is 5.82. The van der Waals surface area contributed by atoms with Gasteiger partial charge in [0.25, 0.3) is 0 Å². The predicted octanol–water partition coefficient (Wildman–Crippen LogP) is 0.870. The second-order valence-electron chi connectivity index (χ2n) is 5.68. The fraction of sp³-hybridized carbons (Fsp3) is 0.294. The van der Waals surface area contributed by atoms with Gasteiger partial charge in [0.05, 0.1) is 12.2 Å². The van der Waals surface area contributed by atoms with Gasteiger partial charge in [-0.25, -0.2) is 14.8 Å². The van der Waals surface area contributed by atoms with E-state index in [0.717, 1.165) is 16.8 Å². The number of benzene rings is 1. The lowest BCUT2D eigenvalue weighted by Crippen LogP contribution is -2.43. The second kappa shape index (κ2) is 7.61. The Morgan fingerprint density at radius 1 is 1.28 bits per heavy atom. The lowest BCUT2D eigenvalue weighted by Gasteiger charge is -2.28. The van der Waals surface area contributed by atoms with E-state index >= 15 is 0 Å². The number of fused-ring (bicyclic) bond motifs is 1. The van der Waals surface area contributed by atoms with E-state index < -0.39 is 6.09 Å². The first-order valence-electron chi connectivity index (χ1n) is 7.94. The monoisotopic (exact) mass is 341 g/mol. The number of carbonyl (C=O) groups is 2. The van der Waals surface area contributed by atoms with Crippen molar-refractivity contribution >= 4 is 17.9 Å². The van der Waals surface area contributed by atoms with E-state index in [9.17, 15) is 9.59 Å². The number of aromatic nitrogens is 2. The molecule has 3 rings (SSSR count). The zero-order valence-electron chi connectivity index (χ0n) is 13.6. The van der Waals surface area contributed by atoms with Gasteiger partial charge in [0, 0.05) is 12.7 Å². The van der Waals surface area contributed by atoms with Crippen molar-refractivity contribution in [2.45, 2.75) is 19.6 Å². The van der Waals surface area contributed by atoms with E-state index in [2.05, 4.69) is 15.3 Å². The van der Waals surface area contributed by atoms with E-state index in [1.54, 1.807) is 11.1 Å². The number of nitrogens with two attached hydrogens (primary N) is 1. The van der Waals surface area contributed by atoms with Crippen LogP contribution in [-0.2, 0) is 29.1 Å². The third-order valence-corrected chi connectivity index (χ3v) is 3.91. The average Bonchev–Trinajstić information content (AvgIpc) is 2.64. The van der Waals surface area contributed by atoms with E-state index in [1.807, 2.05) is 30.3 Å². The zero-order valence-corrected chi connectivity index (χ0v) is 13.6. The Labute approximate surface area is 145 Å². The van der Waals surface area contributed by atoms with Crippen LogP contribution >= 0.6 is 0 Å². The van der Waals surface area contributed by atoms with Crippen LogP contribution in [0.2, 0.25) is 0 Å². The number of nitrogen functional groups attached to an aromatic ring is 1. The number of nitrogens with zero attached hydrogens (tertiary/aromatic N) is 3. The molecule has 0 unspecified atom stereocenters. The maximum atomic E-state index is 12.3. The summed E-state index contributed by atoms with van der Waals surface area (Å²) in [4.78, 5) is 33.7. The molecule has 0 saturated carbocycles. The Bertz CT molecular complexity index is 766. The zero-order chi connectivity index (χ0) is 17.6. The largest absolute Gasteiger partial charge is 0.445 e. The Kier molecular flexibility index (Phi) is 5.08. The standard InChI is InChI=1S/C17H19N5O3/c18-16-19-8-13-6-7-22(10-14(13)21-16)15(23)9-20-17(24)25-11-12-4-2-1-3-5-12/h1-5,8H,6-7,9-11H2,(H,20,24)(H2,18,19,21). The molecule has 0 radical (unpaired) electrons. The molecule has 1 aliphatic heterocycles. The van der Waals surface area contributed by atoms with Crippen molar-refractivity contribution in [2.75, 3.05) is 18.8 Å². The van der Waals surface area contributed by atoms with Gasteiger partial charge in [-0.3, -0.25) is 4.79 Å². The molecule has 130 valence electrons.